The third-order valence-electron chi connectivity index (χ3n) is 10.9. The van der Waals surface area contributed by atoms with E-state index in [4.69, 9.17) is 33.2 Å². The summed E-state index contributed by atoms with van der Waals surface area (Å²) >= 11 is 0. The molecular formula is C50H28N4O3. The molecule has 0 spiro atoms. The van der Waals surface area contributed by atoms with Crippen molar-refractivity contribution >= 4 is 65.8 Å². The van der Waals surface area contributed by atoms with E-state index < -0.39 is 0 Å². The summed E-state index contributed by atoms with van der Waals surface area (Å²) < 4.78 is 19.3. The lowest BCUT2D eigenvalue weighted by molar-refractivity contribution is 0.668. The van der Waals surface area contributed by atoms with E-state index in [0.717, 1.165) is 99.2 Å². The molecule has 0 unspecified atom stereocenters. The van der Waals surface area contributed by atoms with Gasteiger partial charge in [0.05, 0.1) is 0 Å². The zero-order valence-electron chi connectivity index (χ0n) is 30.2. The molecule has 7 nitrogen and oxygen atoms in total. The van der Waals surface area contributed by atoms with Gasteiger partial charge in [-0.25, -0.2) is 15.0 Å². The lowest BCUT2D eigenvalue weighted by Gasteiger charge is -2.10. The molecule has 0 atom stereocenters. The molecule has 57 heavy (non-hydrogen) atoms. The van der Waals surface area contributed by atoms with Crippen LogP contribution < -0.4 is 0 Å². The fourth-order valence-electron chi connectivity index (χ4n) is 8.18. The third kappa shape index (κ3) is 4.99. The molecule has 0 saturated carbocycles. The van der Waals surface area contributed by atoms with E-state index in [1.54, 1.807) is 0 Å². The number of pyridine rings is 1. The first-order valence-electron chi connectivity index (χ1n) is 18.8. The Balaban J connectivity index is 1.06. The highest BCUT2D eigenvalue weighted by Gasteiger charge is 2.22. The van der Waals surface area contributed by atoms with Gasteiger partial charge in [0, 0.05) is 67.0 Å². The van der Waals surface area contributed by atoms with Gasteiger partial charge >= 0.3 is 0 Å². The molecule has 0 aliphatic rings. The second-order valence-corrected chi connectivity index (χ2v) is 14.2. The fraction of sp³-hybridized carbons (Fsp3) is 0. The summed E-state index contributed by atoms with van der Waals surface area (Å²) in [6.45, 7) is 0. The largest absolute Gasteiger partial charge is 0.456 e. The van der Waals surface area contributed by atoms with Gasteiger partial charge in [-0.2, -0.15) is 0 Å². The average molecular weight is 733 g/mol. The van der Waals surface area contributed by atoms with E-state index in [1.807, 2.05) is 103 Å². The first-order chi connectivity index (χ1) is 28.2. The highest BCUT2D eigenvalue weighted by atomic mass is 16.3. The Bertz CT molecular complexity index is 3530. The maximum absolute atomic E-state index is 6.75. The molecule has 0 radical (unpaired) electrons. The van der Waals surface area contributed by atoms with Crippen molar-refractivity contribution in [1.29, 1.82) is 0 Å². The average Bonchev–Trinajstić information content (AvgIpc) is 3.98. The molecule has 5 aromatic heterocycles. The van der Waals surface area contributed by atoms with Crippen molar-refractivity contribution in [3.05, 3.63) is 170 Å². The van der Waals surface area contributed by atoms with Crippen LogP contribution in [0.2, 0.25) is 0 Å². The number of hydrogen-bond donors (Lipinski definition) is 0. The van der Waals surface area contributed by atoms with Gasteiger partial charge in [-0.1, -0.05) is 121 Å². The minimum Gasteiger partial charge on any atom is -0.456 e. The molecule has 0 fully saturated rings. The lowest BCUT2D eigenvalue weighted by Crippen LogP contribution is -2.00. The van der Waals surface area contributed by atoms with Crippen LogP contribution in [-0.2, 0) is 0 Å². The molecule has 0 aliphatic heterocycles. The number of fused-ring (bicyclic) bond motifs is 9. The van der Waals surface area contributed by atoms with E-state index in [2.05, 4.69) is 66.7 Å². The Morgan fingerprint density at radius 3 is 1.70 bits per heavy atom. The van der Waals surface area contributed by atoms with Gasteiger partial charge in [0.2, 0.25) is 0 Å². The van der Waals surface area contributed by atoms with Gasteiger partial charge in [0.25, 0.3) is 0 Å². The first kappa shape index (κ1) is 31.5. The molecule has 7 aromatic carbocycles. The summed E-state index contributed by atoms with van der Waals surface area (Å²) in [6.07, 6.45) is 3.73. The van der Waals surface area contributed by atoms with Crippen LogP contribution in [0.3, 0.4) is 0 Å². The van der Waals surface area contributed by atoms with Gasteiger partial charge in [-0.15, -0.1) is 0 Å². The van der Waals surface area contributed by atoms with Gasteiger partial charge in [0.15, 0.2) is 17.5 Å². The minimum atomic E-state index is 0.522. The predicted octanol–water partition coefficient (Wildman–Crippen LogP) is 13.3. The summed E-state index contributed by atoms with van der Waals surface area (Å²) in [7, 11) is 0. The number of rotatable bonds is 5. The van der Waals surface area contributed by atoms with Crippen molar-refractivity contribution in [2.24, 2.45) is 0 Å². The van der Waals surface area contributed by atoms with Gasteiger partial charge < -0.3 is 13.3 Å². The predicted molar refractivity (Wildman–Crippen MR) is 227 cm³/mol. The maximum Gasteiger partial charge on any atom is 0.164 e. The summed E-state index contributed by atoms with van der Waals surface area (Å²) in [5, 5.41) is 5.91. The molecular weight excluding hydrogens is 705 g/mol. The molecule has 7 heteroatoms. The highest BCUT2D eigenvalue weighted by Crippen LogP contribution is 2.43. The molecule has 0 aliphatic carbocycles. The maximum atomic E-state index is 6.75. The van der Waals surface area contributed by atoms with Gasteiger partial charge in [-0.05, 0) is 53.1 Å². The summed E-state index contributed by atoms with van der Waals surface area (Å²) in [4.78, 5) is 20.2. The summed E-state index contributed by atoms with van der Waals surface area (Å²) in [5.74, 6) is 1.61. The van der Waals surface area contributed by atoms with Gasteiger partial charge in [-0.3, -0.25) is 4.98 Å². The smallest absolute Gasteiger partial charge is 0.164 e. The number of hydrogen-bond acceptors (Lipinski definition) is 7. The topological polar surface area (TPSA) is 91.0 Å². The Morgan fingerprint density at radius 1 is 0.316 bits per heavy atom. The van der Waals surface area contributed by atoms with Crippen molar-refractivity contribution in [3.8, 4) is 56.4 Å². The van der Waals surface area contributed by atoms with Crippen molar-refractivity contribution in [3.63, 3.8) is 0 Å². The minimum absolute atomic E-state index is 0.522. The van der Waals surface area contributed by atoms with Crippen LogP contribution in [0.4, 0.5) is 0 Å². The zero-order chi connectivity index (χ0) is 37.5. The molecule has 0 bridgehead atoms. The highest BCUT2D eigenvalue weighted by molar-refractivity contribution is 6.19. The molecule has 266 valence electrons. The molecule has 5 heterocycles. The zero-order valence-corrected chi connectivity index (χ0v) is 30.2. The number of aromatic nitrogens is 4. The Morgan fingerprint density at radius 2 is 0.877 bits per heavy atom. The van der Waals surface area contributed by atoms with E-state index >= 15 is 0 Å². The van der Waals surface area contributed by atoms with E-state index in [1.165, 1.54) is 0 Å². The molecule has 0 amide bonds. The van der Waals surface area contributed by atoms with E-state index in [-0.39, 0.29) is 0 Å². The quantitative estimate of drug-likeness (QED) is 0.174. The second-order valence-electron chi connectivity index (χ2n) is 14.2. The van der Waals surface area contributed by atoms with Crippen LogP contribution in [0, 0.1) is 0 Å². The normalized spacial score (nSPS) is 11.9. The van der Waals surface area contributed by atoms with Crippen molar-refractivity contribution in [1.82, 2.24) is 19.9 Å². The van der Waals surface area contributed by atoms with Crippen LogP contribution in [0.1, 0.15) is 0 Å². The third-order valence-corrected chi connectivity index (χ3v) is 10.9. The summed E-state index contributed by atoms with van der Waals surface area (Å²) in [6, 6.07) is 53.1. The number of furan rings is 3. The summed E-state index contributed by atoms with van der Waals surface area (Å²) in [5.41, 5.74) is 11.3. The van der Waals surface area contributed by atoms with Crippen LogP contribution in [-0.4, -0.2) is 19.9 Å². The Hall–Kier alpha value is -7.90. The number of nitrogens with zero attached hydrogens (tertiary/aromatic N) is 4. The molecule has 12 rings (SSSR count). The van der Waals surface area contributed by atoms with Crippen molar-refractivity contribution < 1.29 is 13.3 Å². The molecule has 0 N–H and O–H groups in total. The van der Waals surface area contributed by atoms with Crippen LogP contribution >= 0.6 is 0 Å². The molecule has 12 aromatic rings. The van der Waals surface area contributed by atoms with Crippen LogP contribution in [0.15, 0.2) is 183 Å². The van der Waals surface area contributed by atoms with Crippen LogP contribution in [0.5, 0.6) is 0 Å². The van der Waals surface area contributed by atoms with Crippen molar-refractivity contribution in [2.45, 2.75) is 0 Å². The van der Waals surface area contributed by atoms with E-state index in [0.29, 0.717) is 23.1 Å². The monoisotopic (exact) mass is 732 g/mol. The number of para-hydroxylation sites is 2. The van der Waals surface area contributed by atoms with Gasteiger partial charge in [0.1, 0.15) is 33.5 Å². The molecule has 0 saturated heterocycles. The van der Waals surface area contributed by atoms with Crippen LogP contribution in [0.25, 0.3) is 122 Å². The first-order valence-corrected chi connectivity index (χ1v) is 18.8. The second kappa shape index (κ2) is 12.3. The lowest BCUT2D eigenvalue weighted by atomic mass is 9.98. The standard InChI is InChI=1S/C50H28N4O3/c1-2-10-29(11-3-1)30-20-22-31(23-21-30)48-52-49(32-24-25-34-33-12-4-6-16-40(33)56-44(34)26-32)54-50(53-48)37-15-9-19-43-46(37)39-28-51-27-38(47(39)57-43)35-14-8-18-42-45(35)36-13-5-7-17-41(36)55-42/h1-28H. The van der Waals surface area contributed by atoms with Crippen molar-refractivity contribution in [2.75, 3.05) is 0 Å². The van der Waals surface area contributed by atoms with E-state index in [9.17, 15) is 0 Å². The Kier molecular flexibility index (Phi) is 6.79. The SMILES string of the molecule is c1ccc(-c2ccc(-c3nc(-c4ccc5c(c4)oc4ccccc45)nc(-c4cccc5oc6c(-c7cccc8oc9ccccc9c78)cncc6c45)n3)cc2)cc1. The number of benzene rings is 7. The fourth-order valence-corrected chi connectivity index (χ4v) is 8.18. The Labute approximate surface area is 324 Å².